The van der Waals surface area contributed by atoms with E-state index in [-0.39, 0.29) is 30.3 Å². The number of hydrogen-bond acceptors (Lipinski definition) is 4. The Morgan fingerprint density at radius 2 is 1.68 bits per heavy atom. The van der Waals surface area contributed by atoms with Gasteiger partial charge in [0.25, 0.3) is 0 Å². The Balaban J connectivity index is 1.77. The zero-order valence-electron chi connectivity index (χ0n) is 14.1. The highest BCUT2D eigenvalue weighted by atomic mass is 32.2. The van der Waals surface area contributed by atoms with Crippen LogP contribution < -0.4 is 14.8 Å². The van der Waals surface area contributed by atoms with Crippen LogP contribution in [0.25, 0.3) is 0 Å². The summed E-state index contributed by atoms with van der Waals surface area (Å²) in [6.07, 6.45) is 0.270. The van der Waals surface area contributed by atoms with Crippen LogP contribution in [0, 0.1) is 0 Å². The van der Waals surface area contributed by atoms with Gasteiger partial charge in [-0.2, -0.15) is 0 Å². The first-order chi connectivity index (χ1) is 12.0. The molecule has 0 radical (unpaired) electrons. The van der Waals surface area contributed by atoms with Crippen LogP contribution in [-0.4, -0.2) is 34.0 Å². The fourth-order valence-electron chi connectivity index (χ4n) is 2.20. The van der Waals surface area contributed by atoms with Crippen LogP contribution in [0.5, 0.6) is 5.75 Å². The van der Waals surface area contributed by atoms with Gasteiger partial charge in [-0.3, -0.25) is 4.79 Å². The van der Waals surface area contributed by atoms with Crippen molar-refractivity contribution in [3.63, 3.8) is 0 Å². The van der Waals surface area contributed by atoms with E-state index in [0.717, 1.165) is 5.56 Å². The second-order valence-electron chi connectivity index (χ2n) is 5.31. The molecule has 0 bridgehead atoms. The molecule has 0 atom stereocenters. The second-order valence-corrected chi connectivity index (χ2v) is 7.08. The number of rotatable bonds is 9. The van der Waals surface area contributed by atoms with Crippen LogP contribution in [0.15, 0.2) is 59.5 Å². The summed E-state index contributed by atoms with van der Waals surface area (Å²) in [4.78, 5) is 12.0. The Hall–Kier alpha value is -2.38. The van der Waals surface area contributed by atoms with Crippen molar-refractivity contribution in [1.82, 2.24) is 10.0 Å². The molecule has 0 unspecified atom stereocenters. The molecule has 0 spiro atoms. The van der Waals surface area contributed by atoms with Crippen LogP contribution in [0.4, 0.5) is 0 Å². The maximum atomic E-state index is 12.2. The molecule has 0 fully saturated rings. The molecule has 6 nitrogen and oxygen atoms in total. The van der Waals surface area contributed by atoms with Crippen molar-refractivity contribution in [3.05, 3.63) is 60.2 Å². The number of nitrogens with one attached hydrogen (secondary N) is 2. The summed E-state index contributed by atoms with van der Waals surface area (Å²) in [5.41, 5.74) is 0.912. The van der Waals surface area contributed by atoms with E-state index >= 15 is 0 Å². The Morgan fingerprint density at radius 1 is 1.00 bits per heavy atom. The van der Waals surface area contributed by atoms with Gasteiger partial charge in [0.2, 0.25) is 15.9 Å². The summed E-state index contributed by atoms with van der Waals surface area (Å²) in [6.45, 7) is 2.73. The number of benzene rings is 2. The summed E-state index contributed by atoms with van der Waals surface area (Å²) in [5, 5.41) is 2.70. The normalized spacial score (nSPS) is 11.1. The lowest BCUT2D eigenvalue weighted by molar-refractivity contribution is -0.120. The number of carbonyl (C=O) groups is 1. The minimum atomic E-state index is -3.61. The topological polar surface area (TPSA) is 84.5 Å². The van der Waals surface area contributed by atoms with E-state index in [9.17, 15) is 13.2 Å². The number of ether oxygens (including phenoxy) is 1. The SMILES string of the molecule is CCOc1ccc(S(=O)(=O)NCCNC(=O)Cc2ccccc2)cc1. The zero-order valence-corrected chi connectivity index (χ0v) is 14.9. The van der Waals surface area contributed by atoms with Gasteiger partial charge in [-0.25, -0.2) is 13.1 Å². The van der Waals surface area contributed by atoms with Crippen molar-refractivity contribution in [2.24, 2.45) is 0 Å². The Labute approximate surface area is 148 Å². The molecule has 2 aromatic carbocycles. The molecule has 2 rings (SSSR count). The molecule has 0 aliphatic rings. The van der Waals surface area contributed by atoms with Crippen LogP contribution in [0.1, 0.15) is 12.5 Å². The molecule has 0 aliphatic heterocycles. The van der Waals surface area contributed by atoms with Crippen LogP contribution in [0.3, 0.4) is 0 Å². The molecule has 25 heavy (non-hydrogen) atoms. The monoisotopic (exact) mass is 362 g/mol. The lowest BCUT2D eigenvalue weighted by atomic mass is 10.1. The third-order valence-corrected chi connectivity index (χ3v) is 4.87. The molecule has 0 saturated carbocycles. The van der Waals surface area contributed by atoms with Crippen molar-refractivity contribution in [3.8, 4) is 5.75 Å². The number of carbonyl (C=O) groups excluding carboxylic acids is 1. The van der Waals surface area contributed by atoms with E-state index in [1.807, 2.05) is 37.3 Å². The zero-order chi connectivity index (χ0) is 18.1. The molecule has 134 valence electrons. The summed E-state index contributed by atoms with van der Waals surface area (Å²) >= 11 is 0. The standard InChI is InChI=1S/C18H22N2O4S/c1-2-24-16-8-10-17(11-9-16)25(22,23)20-13-12-19-18(21)14-15-6-4-3-5-7-15/h3-11,20H,2,12-14H2,1H3,(H,19,21). The van der Waals surface area contributed by atoms with Gasteiger partial charge >= 0.3 is 0 Å². The van der Waals surface area contributed by atoms with Gasteiger partial charge in [-0.15, -0.1) is 0 Å². The van der Waals surface area contributed by atoms with E-state index in [0.29, 0.717) is 12.4 Å². The average Bonchev–Trinajstić information content (AvgIpc) is 2.60. The van der Waals surface area contributed by atoms with Crippen molar-refractivity contribution < 1.29 is 17.9 Å². The van der Waals surface area contributed by atoms with E-state index in [4.69, 9.17) is 4.74 Å². The smallest absolute Gasteiger partial charge is 0.240 e. The van der Waals surface area contributed by atoms with Gasteiger partial charge in [-0.1, -0.05) is 30.3 Å². The molecule has 0 heterocycles. The highest BCUT2D eigenvalue weighted by Gasteiger charge is 2.13. The summed E-state index contributed by atoms with van der Waals surface area (Å²) in [6, 6.07) is 15.6. The van der Waals surface area contributed by atoms with E-state index < -0.39 is 10.0 Å². The van der Waals surface area contributed by atoms with E-state index in [1.165, 1.54) is 12.1 Å². The second kappa shape index (κ2) is 9.19. The van der Waals surface area contributed by atoms with Crippen molar-refractivity contribution in [2.75, 3.05) is 19.7 Å². The average molecular weight is 362 g/mol. The van der Waals surface area contributed by atoms with Gasteiger partial charge in [0.15, 0.2) is 0 Å². The Morgan fingerprint density at radius 3 is 2.32 bits per heavy atom. The minimum Gasteiger partial charge on any atom is -0.494 e. The minimum absolute atomic E-state index is 0.121. The van der Waals surface area contributed by atoms with Gasteiger partial charge in [0.1, 0.15) is 5.75 Å². The fraction of sp³-hybridized carbons (Fsp3) is 0.278. The highest BCUT2D eigenvalue weighted by Crippen LogP contribution is 2.15. The maximum Gasteiger partial charge on any atom is 0.240 e. The quantitative estimate of drug-likeness (QED) is 0.665. The number of hydrogen-bond donors (Lipinski definition) is 2. The highest BCUT2D eigenvalue weighted by molar-refractivity contribution is 7.89. The van der Waals surface area contributed by atoms with Crippen LogP contribution >= 0.6 is 0 Å². The Kier molecular flexibility index (Phi) is 6.97. The predicted octanol–water partition coefficient (Wildman–Crippen LogP) is 1.72. The van der Waals surface area contributed by atoms with Gasteiger partial charge in [0.05, 0.1) is 17.9 Å². The maximum absolute atomic E-state index is 12.2. The lowest BCUT2D eigenvalue weighted by Crippen LogP contribution is -2.35. The molecular weight excluding hydrogens is 340 g/mol. The third-order valence-electron chi connectivity index (χ3n) is 3.39. The van der Waals surface area contributed by atoms with Crippen LogP contribution in [0.2, 0.25) is 0 Å². The molecule has 2 aromatic rings. The van der Waals surface area contributed by atoms with Gasteiger partial charge in [-0.05, 0) is 36.8 Å². The number of sulfonamides is 1. The van der Waals surface area contributed by atoms with E-state index in [1.54, 1.807) is 12.1 Å². The predicted molar refractivity (Wildman–Crippen MR) is 96.0 cm³/mol. The van der Waals surface area contributed by atoms with E-state index in [2.05, 4.69) is 10.0 Å². The molecule has 2 N–H and O–H groups in total. The largest absolute Gasteiger partial charge is 0.494 e. The fourth-order valence-corrected chi connectivity index (χ4v) is 3.23. The third kappa shape index (κ3) is 6.21. The molecule has 7 heteroatoms. The summed E-state index contributed by atoms with van der Waals surface area (Å²) in [7, 11) is -3.61. The van der Waals surface area contributed by atoms with Crippen molar-refractivity contribution >= 4 is 15.9 Å². The summed E-state index contributed by atoms with van der Waals surface area (Å²) < 4.78 is 32.1. The van der Waals surface area contributed by atoms with Crippen molar-refractivity contribution in [1.29, 1.82) is 0 Å². The molecule has 0 aliphatic carbocycles. The number of amides is 1. The first-order valence-corrected chi connectivity index (χ1v) is 9.53. The molecule has 0 aromatic heterocycles. The molecule has 1 amide bonds. The molecular formula is C18H22N2O4S. The van der Waals surface area contributed by atoms with Gasteiger partial charge in [0, 0.05) is 13.1 Å². The van der Waals surface area contributed by atoms with Crippen LogP contribution in [-0.2, 0) is 21.2 Å². The van der Waals surface area contributed by atoms with Gasteiger partial charge < -0.3 is 10.1 Å². The first-order valence-electron chi connectivity index (χ1n) is 8.04. The summed E-state index contributed by atoms with van der Waals surface area (Å²) in [5.74, 6) is 0.473. The Bertz CT molecular complexity index is 774. The first kappa shape index (κ1) is 19.0. The molecule has 0 saturated heterocycles. The lowest BCUT2D eigenvalue weighted by Gasteiger charge is -2.09. The van der Waals surface area contributed by atoms with Crippen molar-refractivity contribution in [2.45, 2.75) is 18.2 Å².